The number of amides is 2. The number of nitrogens with zero attached hydrogens (tertiary/aromatic N) is 4. The molecule has 2 heterocycles. The number of halogens is 2. The third-order valence-corrected chi connectivity index (χ3v) is 9.97. The van der Waals surface area contributed by atoms with E-state index in [1.54, 1.807) is 31.4 Å². The Morgan fingerprint density at radius 1 is 1.05 bits per heavy atom. The van der Waals surface area contributed by atoms with Crippen molar-refractivity contribution in [3.63, 3.8) is 0 Å². The van der Waals surface area contributed by atoms with Crippen molar-refractivity contribution in [3.8, 4) is 0 Å². The van der Waals surface area contributed by atoms with Gasteiger partial charge < -0.3 is 25.8 Å². The van der Waals surface area contributed by atoms with Crippen LogP contribution in [-0.4, -0.2) is 77.4 Å². The number of carbonyl (C=O) groups excluding carboxylic acids is 2. The fourth-order valence-corrected chi connectivity index (χ4v) is 7.18. The van der Waals surface area contributed by atoms with Crippen molar-refractivity contribution in [3.05, 3.63) is 40.0 Å². The van der Waals surface area contributed by atoms with E-state index in [2.05, 4.69) is 51.6 Å². The molecule has 0 radical (unpaired) electrons. The Kier molecular flexibility index (Phi) is 7.45. The van der Waals surface area contributed by atoms with Gasteiger partial charge in [-0.2, -0.15) is 4.98 Å². The number of benzene rings is 1. The summed E-state index contributed by atoms with van der Waals surface area (Å²) in [5.41, 5.74) is 0.714. The first-order valence-corrected chi connectivity index (χ1v) is 14.3. The lowest BCUT2D eigenvalue weighted by Gasteiger charge is -2.66. The highest BCUT2D eigenvalue weighted by Gasteiger charge is 2.64. The van der Waals surface area contributed by atoms with E-state index >= 15 is 0 Å². The Morgan fingerprint density at radius 2 is 1.77 bits per heavy atom. The number of fused-ring (bicyclic) bond motifs is 2. The fourth-order valence-electron chi connectivity index (χ4n) is 6.78. The van der Waals surface area contributed by atoms with Crippen molar-refractivity contribution in [2.45, 2.75) is 39.2 Å². The van der Waals surface area contributed by atoms with Gasteiger partial charge in [0.2, 0.25) is 11.9 Å². The van der Waals surface area contributed by atoms with Crippen LogP contribution in [0.5, 0.6) is 0 Å². The number of piperazine rings is 1. The molecule has 2 bridgehead atoms. The van der Waals surface area contributed by atoms with Crippen LogP contribution in [0.3, 0.4) is 0 Å². The van der Waals surface area contributed by atoms with Gasteiger partial charge in [0.1, 0.15) is 5.02 Å². The first-order chi connectivity index (χ1) is 18.4. The minimum absolute atomic E-state index is 0.0274. The number of hydrogen-bond acceptors (Lipinski definition) is 7. The molecule has 3 aliphatic carbocycles. The quantitative estimate of drug-likeness (QED) is 0.467. The largest absolute Gasteiger partial charge is 0.362 e. The molecule has 1 saturated heterocycles. The van der Waals surface area contributed by atoms with Gasteiger partial charge in [0.25, 0.3) is 5.91 Å². The summed E-state index contributed by atoms with van der Waals surface area (Å²) in [6.45, 7) is 9.71. The highest BCUT2D eigenvalue weighted by molar-refractivity contribution is 6.34. The molecule has 4 aliphatic rings. The van der Waals surface area contributed by atoms with Crippen molar-refractivity contribution in [1.82, 2.24) is 25.1 Å². The zero-order valence-corrected chi connectivity index (χ0v) is 24.7. The summed E-state index contributed by atoms with van der Waals surface area (Å²) < 4.78 is 0. The SMILES string of the molecule is CNC(=O)[C@H]1C[C@@H]2C[C@H](C2(C)C)[C@@]1(C)Nc1nc(Nc2ccc(C(=O)N3CCN(C)CC3)c(Cl)c2)ncc1Cl. The van der Waals surface area contributed by atoms with Gasteiger partial charge in [-0.05, 0) is 62.3 Å². The van der Waals surface area contributed by atoms with E-state index in [1.807, 2.05) is 11.9 Å². The predicted molar refractivity (Wildman–Crippen MR) is 155 cm³/mol. The Bertz CT molecular complexity index is 1280. The molecule has 0 unspecified atom stereocenters. The van der Waals surface area contributed by atoms with Gasteiger partial charge in [0, 0.05) is 38.9 Å². The Balaban J connectivity index is 1.35. The Morgan fingerprint density at radius 3 is 2.41 bits per heavy atom. The van der Waals surface area contributed by atoms with E-state index in [0.29, 0.717) is 52.1 Å². The highest BCUT2D eigenvalue weighted by atomic mass is 35.5. The summed E-state index contributed by atoms with van der Waals surface area (Å²) >= 11 is 13.1. The topological polar surface area (TPSA) is 102 Å². The summed E-state index contributed by atoms with van der Waals surface area (Å²) in [5, 5.41) is 10.3. The smallest absolute Gasteiger partial charge is 0.255 e. The number of rotatable bonds is 6. The molecule has 1 aromatic carbocycles. The summed E-state index contributed by atoms with van der Waals surface area (Å²) in [6, 6.07) is 5.23. The van der Waals surface area contributed by atoms with Gasteiger partial charge in [-0.1, -0.05) is 37.0 Å². The third-order valence-electron chi connectivity index (χ3n) is 9.38. The van der Waals surface area contributed by atoms with Crippen LogP contribution in [0.1, 0.15) is 44.0 Å². The number of aromatic nitrogens is 2. The molecule has 4 atom stereocenters. The molecular weight excluding hydrogens is 537 g/mol. The molecule has 1 aliphatic heterocycles. The van der Waals surface area contributed by atoms with E-state index in [1.165, 1.54) is 0 Å². The second kappa shape index (κ2) is 10.4. The first-order valence-electron chi connectivity index (χ1n) is 13.5. The second-order valence-electron chi connectivity index (χ2n) is 11.9. The standard InChI is InChI=1S/C28H37Cl2N7O2/c1-27(2)16-12-19(24(38)31-4)28(3,22(27)13-16)35-23-21(30)15-32-26(34-23)33-17-6-7-18(20(29)14-17)25(39)37-10-8-36(5)9-11-37/h6-7,14-16,19,22H,8-13H2,1-5H3,(H,31,38)(H2,32,33,34,35)/t16-,19-,22-,28+/m1/s1. The van der Waals surface area contributed by atoms with Crippen LogP contribution in [0.2, 0.25) is 10.0 Å². The first kappa shape index (κ1) is 27.9. The molecule has 0 spiro atoms. The van der Waals surface area contributed by atoms with E-state index in [4.69, 9.17) is 23.2 Å². The van der Waals surface area contributed by atoms with Crippen molar-refractivity contribution in [2.24, 2.45) is 23.2 Å². The van der Waals surface area contributed by atoms with Crippen molar-refractivity contribution >= 4 is 52.5 Å². The molecule has 210 valence electrons. The minimum Gasteiger partial charge on any atom is -0.362 e. The van der Waals surface area contributed by atoms with Gasteiger partial charge in [-0.3, -0.25) is 9.59 Å². The average Bonchev–Trinajstić information content (AvgIpc) is 2.90. The monoisotopic (exact) mass is 573 g/mol. The van der Waals surface area contributed by atoms with Gasteiger partial charge in [0.05, 0.1) is 28.2 Å². The lowest BCUT2D eigenvalue weighted by Crippen LogP contribution is -2.69. The molecule has 3 saturated carbocycles. The maximum atomic E-state index is 13.0. The number of likely N-dealkylation sites (N-methyl/N-ethyl adjacent to an activating group) is 1. The molecule has 4 fully saturated rings. The van der Waals surface area contributed by atoms with E-state index in [-0.39, 0.29) is 29.1 Å². The fraction of sp³-hybridized carbons (Fsp3) is 0.571. The molecule has 2 aromatic rings. The predicted octanol–water partition coefficient (Wildman–Crippen LogP) is 4.51. The average molecular weight is 575 g/mol. The van der Waals surface area contributed by atoms with Crippen LogP contribution in [-0.2, 0) is 4.79 Å². The second-order valence-corrected chi connectivity index (χ2v) is 12.7. The highest BCUT2D eigenvalue weighted by Crippen LogP contribution is 2.65. The van der Waals surface area contributed by atoms with Crippen molar-refractivity contribution < 1.29 is 9.59 Å². The molecule has 3 N–H and O–H groups in total. The summed E-state index contributed by atoms with van der Waals surface area (Å²) in [6.07, 6.45) is 3.43. The molecule has 9 nitrogen and oxygen atoms in total. The zero-order valence-electron chi connectivity index (χ0n) is 23.1. The number of anilines is 3. The van der Waals surface area contributed by atoms with E-state index in [9.17, 15) is 9.59 Å². The van der Waals surface area contributed by atoms with Crippen LogP contribution in [0.4, 0.5) is 17.5 Å². The minimum atomic E-state index is -0.526. The molecular formula is C28H37Cl2N7O2. The molecule has 2 amide bonds. The van der Waals surface area contributed by atoms with Crippen LogP contribution >= 0.6 is 23.2 Å². The van der Waals surface area contributed by atoms with Crippen LogP contribution in [0, 0.1) is 23.2 Å². The molecule has 11 heteroatoms. The van der Waals surface area contributed by atoms with Gasteiger partial charge >= 0.3 is 0 Å². The van der Waals surface area contributed by atoms with Crippen LogP contribution in [0.25, 0.3) is 0 Å². The molecule has 39 heavy (non-hydrogen) atoms. The van der Waals surface area contributed by atoms with Crippen LogP contribution in [0.15, 0.2) is 24.4 Å². The van der Waals surface area contributed by atoms with Gasteiger partial charge in [-0.25, -0.2) is 4.98 Å². The van der Waals surface area contributed by atoms with Crippen LogP contribution < -0.4 is 16.0 Å². The number of hydrogen-bond donors (Lipinski definition) is 3. The van der Waals surface area contributed by atoms with Gasteiger partial charge in [0.15, 0.2) is 5.82 Å². The van der Waals surface area contributed by atoms with Crippen molar-refractivity contribution in [1.29, 1.82) is 0 Å². The maximum Gasteiger partial charge on any atom is 0.255 e. The Labute approximate surface area is 240 Å². The maximum absolute atomic E-state index is 13.0. The summed E-state index contributed by atoms with van der Waals surface area (Å²) in [7, 11) is 3.73. The normalized spacial score (nSPS) is 27.9. The number of carbonyl (C=O) groups is 2. The van der Waals surface area contributed by atoms with E-state index < -0.39 is 5.54 Å². The lowest BCUT2D eigenvalue weighted by molar-refractivity contribution is -0.155. The van der Waals surface area contributed by atoms with E-state index in [0.717, 1.165) is 25.9 Å². The zero-order chi connectivity index (χ0) is 28.1. The lowest BCUT2D eigenvalue weighted by atomic mass is 9.40. The van der Waals surface area contributed by atoms with Crippen molar-refractivity contribution in [2.75, 3.05) is 50.9 Å². The number of nitrogens with one attached hydrogen (secondary N) is 3. The summed E-state index contributed by atoms with van der Waals surface area (Å²) in [5.74, 6) is 1.37. The third kappa shape index (κ3) is 5.05. The summed E-state index contributed by atoms with van der Waals surface area (Å²) in [4.78, 5) is 38.9. The Hall–Kier alpha value is -2.62. The van der Waals surface area contributed by atoms with Gasteiger partial charge in [-0.15, -0.1) is 0 Å². The molecule has 6 rings (SSSR count). The molecule has 1 aromatic heterocycles.